The van der Waals surface area contributed by atoms with Crippen LogP contribution in [-0.4, -0.2) is 53.4 Å². The minimum atomic E-state index is -1.02. The number of Topliss-reactive ketones (excluding diaryl/α,β-unsaturated/α-hetero) is 1. The molecule has 41 heavy (non-hydrogen) atoms. The Bertz CT molecular complexity index is 1590. The highest BCUT2D eigenvalue weighted by Gasteiger charge is 2.45. The predicted octanol–water partition coefficient (Wildman–Crippen LogP) is 6.75. The number of nitrogens with one attached hydrogen (secondary N) is 1. The Morgan fingerprint density at radius 3 is 2.37 bits per heavy atom. The smallest absolute Gasteiger partial charge is 0.227 e. The van der Waals surface area contributed by atoms with E-state index in [0.717, 1.165) is 60.7 Å². The standard InChI is InChI=1S/C34H34ClN5O/c1-4-39-17-19-40(20-18-39)27-15-13-26(14-16-27)37-33-36-22-24-21-28(30-23(2)9-8-12-29(30)35)32(41)34(3,31(24)38-33)25-10-6-5-7-11-25/h5-16,21-22H,4,17-20H2,1-3H3,(H,36,37,38). The number of aromatic nitrogens is 2. The number of anilines is 3. The lowest BCUT2D eigenvalue weighted by Gasteiger charge is -2.35. The van der Waals surface area contributed by atoms with E-state index in [9.17, 15) is 4.79 Å². The van der Waals surface area contributed by atoms with Gasteiger partial charge in [0.1, 0.15) is 0 Å². The number of hydrogen-bond donors (Lipinski definition) is 1. The second-order valence-electron chi connectivity index (χ2n) is 10.9. The van der Waals surface area contributed by atoms with Crippen molar-refractivity contribution in [2.75, 3.05) is 42.9 Å². The average molecular weight is 564 g/mol. The van der Waals surface area contributed by atoms with Crippen LogP contribution in [0, 0.1) is 6.92 Å². The van der Waals surface area contributed by atoms with Crippen LogP contribution >= 0.6 is 11.6 Å². The van der Waals surface area contributed by atoms with Crippen LogP contribution in [0.4, 0.5) is 17.3 Å². The highest BCUT2D eigenvalue weighted by atomic mass is 35.5. The molecule has 1 unspecified atom stereocenters. The first kappa shape index (κ1) is 27.2. The Morgan fingerprint density at radius 2 is 1.68 bits per heavy atom. The molecule has 3 aromatic carbocycles. The lowest BCUT2D eigenvalue weighted by molar-refractivity contribution is -0.117. The number of rotatable bonds is 6. The van der Waals surface area contributed by atoms with Gasteiger partial charge >= 0.3 is 0 Å². The second kappa shape index (κ2) is 11.1. The van der Waals surface area contributed by atoms with Crippen LogP contribution < -0.4 is 10.2 Å². The average Bonchev–Trinajstić information content (AvgIpc) is 3.00. The van der Waals surface area contributed by atoms with Gasteiger partial charge in [0.25, 0.3) is 0 Å². The number of allylic oxidation sites excluding steroid dienone is 1. The largest absolute Gasteiger partial charge is 0.369 e. The molecule has 1 aliphatic carbocycles. The number of ketones is 1. The zero-order valence-corrected chi connectivity index (χ0v) is 24.4. The van der Waals surface area contributed by atoms with Crippen LogP contribution in [0.5, 0.6) is 0 Å². The van der Waals surface area contributed by atoms with E-state index in [4.69, 9.17) is 16.6 Å². The van der Waals surface area contributed by atoms with Gasteiger partial charge in [-0.3, -0.25) is 4.79 Å². The Hall–Kier alpha value is -4.00. The second-order valence-corrected chi connectivity index (χ2v) is 11.3. The first-order valence-corrected chi connectivity index (χ1v) is 14.6. The summed E-state index contributed by atoms with van der Waals surface area (Å²) in [7, 11) is 0. The number of aryl methyl sites for hydroxylation is 1. The number of piperazine rings is 1. The summed E-state index contributed by atoms with van der Waals surface area (Å²) >= 11 is 6.64. The fourth-order valence-corrected chi connectivity index (χ4v) is 6.28. The van der Waals surface area contributed by atoms with Crippen LogP contribution in [-0.2, 0) is 10.2 Å². The summed E-state index contributed by atoms with van der Waals surface area (Å²) in [6.07, 6.45) is 3.68. The quantitative estimate of drug-likeness (QED) is 0.280. The van der Waals surface area contributed by atoms with E-state index in [1.165, 1.54) is 5.69 Å². The van der Waals surface area contributed by atoms with Gasteiger partial charge in [-0.1, -0.05) is 61.0 Å². The Kier molecular flexibility index (Phi) is 7.37. The molecule has 2 aliphatic rings. The van der Waals surface area contributed by atoms with Gasteiger partial charge in [0.2, 0.25) is 5.95 Å². The number of benzene rings is 3. The molecule has 1 fully saturated rings. The molecule has 1 N–H and O–H groups in total. The molecular formula is C34H34ClN5O. The van der Waals surface area contributed by atoms with Crippen molar-refractivity contribution in [3.63, 3.8) is 0 Å². The maximum Gasteiger partial charge on any atom is 0.227 e. The molecule has 0 saturated carbocycles. The summed E-state index contributed by atoms with van der Waals surface area (Å²) in [5.74, 6) is 0.415. The predicted molar refractivity (Wildman–Crippen MR) is 168 cm³/mol. The number of hydrogen-bond acceptors (Lipinski definition) is 6. The van der Waals surface area contributed by atoms with Crippen LogP contribution in [0.15, 0.2) is 79.0 Å². The van der Waals surface area contributed by atoms with Gasteiger partial charge < -0.3 is 15.1 Å². The zero-order chi connectivity index (χ0) is 28.6. The minimum Gasteiger partial charge on any atom is -0.369 e. The lowest BCUT2D eigenvalue weighted by atomic mass is 9.68. The van der Waals surface area contributed by atoms with Crippen molar-refractivity contribution >= 4 is 46.4 Å². The van der Waals surface area contributed by atoms with Crippen molar-refractivity contribution in [1.82, 2.24) is 14.9 Å². The molecule has 0 amide bonds. The van der Waals surface area contributed by atoms with Crippen LogP contribution in [0.2, 0.25) is 5.02 Å². The number of fused-ring (bicyclic) bond motifs is 1. The topological polar surface area (TPSA) is 61.4 Å². The van der Waals surface area contributed by atoms with Crippen LogP contribution in [0.3, 0.4) is 0 Å². The van der Waals surface area contributed by atoms with E-state index < -0.39 is 5.41 Å². The van der Waals surface area contributed by atoms with Crippen molar-refractivity contribution in [3.05, 3.63) is 112 Å². The molecule has 1 atom stereocenters. The number of halogens is 1. The maximum absolute atomic E-state index is 14.4. The number of nitrogens with zero attached hydrogens (tertiary/aromatic N) is 4. The van der Waals surface area contributed by atoms with Crippen molar-refractivity contribution in [2.45, 2.75) is 26.2 Å². The van der Waals surface area contributed by atoms with Gasteiger partial charge in [0.05, 0.1) is 11.1 Å². The number of carbonyl (C=O) groups is 1. The van der Waals surface area contributed by atoms with E-state index in [0.29, 0.717) is 22.2 Å². The van der Waals surface area contributed by atoms with Crippen molar-refractivity contribution in [1.29, 1.82) is 0 Å². The summed E-state index contributed by atoms with van der Waals surface area (Å²) in [4.78, 5) is 28.9. The first-order valence-electron chi connectivity index (χ1n) is 14.2. The third-order valence-electron chi connectivity index (χ3n) is 8.44. The molecule has 0 bridgehead atoms. The van der Waals surface area contributed by atoms with Crippen molar-refractivity contribution < 1.29 is 4.79 Å². The van der Waals surface area contributed by atoms with E-state index in [1.807, 2.05) is 68.5 Å². The van der Waals surface area contributed by atoms with E-state index in [-0.39, 0.29) is 5.78 Å². The SMILES string of the molecule is CCN1CCN(c2ccc(Nc3ncc4c(n3)C(C)(c3ccccc3)C(=O)C(c3c(C)cccc3Cl)=C4)cc2)CC1. The van der Waals surface area contributed by atoms with Gasteiger partial charge in [0.15, 0.2) is 5.78 Å². The third-order valence-corrected chi connectivity index (χ3v) is 8.75. The Balaban J connectivity index is 1.35. The summed E-state index contributed by atoms with van der Waals surface area (Å²) in [6, 6.07) is 23.9. The third kappa shape index (κ3) is 5.03. The molecule has 6 nitrogen and oxygen atoms in total. The molecular weight excluding hydrogens is 530 g/mol. The molecule has 0 spiro atoms. The summed E-state index contributed by atoms with van der Waals surface area (Å²) in [5, 5.41) is 3.92. The molecule has 4 aromatic rings. The minimum absolute atomic E-state index is 0.0374. The number of likely N-dealkylation sites (N-methyl/N-ethyl adjacent to an activating group) is 1. The van der Waals surface area contributed by atoms with E-state index >= 15 is 0 Å². The molecule has 6 rings (SSSR count). The molecule has 1 aromatic heterocycles. The van der Waals surface area contributed by atoms with Crippen LogP contribution in [0.25, 0.3) is 11.6 Å². The highest BCUT2D eigenvalue weighted by Crippen LogP contribution is 2.45. The lowest BCUT2D eigenvalue weighted by Crippen LogP contribution is -2.46. The molecule has 208 valence electrons. The molecule has 0 radical (unpaired) electrons. The van der Waals surface area contributed by atoms with Gasteiger partial charge in [-0.2, -0.15) is 0 Å². The monoisotopic (exact) mass is 563 g/mol. The maximum atomic E-state index is 14.4. The van der Waals surface area contributed by atoms with Gasteiger partial charge in [-0.25, -0.2) is 9.97 Å². The Morgan fingerprint density at radius 1 is 0.951 bits per heavy atom. The molecule has 1 aliphatic heterocycles. The zero-order valence-electron chi connectivity index (χ0n) is 23.7. The first-order chi connectivity index (χ1) is 19.9. The summed E-state index contributed by atoms with van der Waals surface area (Å²) < 4.78 is 0. The van der Waals surface area contributed by atoms with Gasteiger partial charge in [-0.05, 0) is 67.9 Å². The summed E-state index contributed by atoms with van der Waals surface area (Å²) in [6.45, 7) is 11.5. The van der Waals surface area contributed by atoms with E-state index in [2.05, 4.69) is 51.3 Å². The molecule has 2 heterocycles. The Labute approximate surface area is 246 Å². The van der Waals surface area contributed by atoms with Crippen molar-refractivity contribution in [2.24, 2.45) is 0 Å². The van der Waals surface area contributed by atoms with Crippen molar-refractivity contribution in [3.8, 4) is 0 Å². The summed E-state index contributed by atoms with van der Waals surface area (Å²) in [5.41, 5.74) is 5.72. The van der Waals surface area contributed by atoms with Gasteiger partial charge in [0, 0.05) is 65.5 Å². The van der Waals surface area contributed by atoms with E-state index in [1.54, 1.807) is 6.20 Å². The van der Waals surface area contributed by atoms with Gasteiger partial charge in [-0.15, -0.1) is 0 Å². The fraction of sp³-hybridized carbons (Fsp3) is 0.265. The normalized spacial score (nSPS) is 19.1. The highest BCUT2D eigenvalue weighted by molar-refractivity contribution is 6.38. The molecule has 1 saturated heterocycles. The van der Waals surface area contributed by atoms with Crippen LogP contribution in [0.1, 0.15) is 41.8 Å². The molecule has 7 heteroatoms. The fourth-order valence-electron chi connectivity index (χ4n) is 5.96. The number of carbonyl (C=O) groups excluding carboxylic acids is 1.